The molecule has 0 saturated carbocycles. The number of fused-ring (bicyclic) bond motifs is 1. The molecule has 1 N–H and O–H groups in total. The molecule has 0 radical (unpaired) electrons. The number of anilines is 1. The standard InChI is InChI=1S/C23H29N5O4S/c1-15(29)25-20-12-16(6-7-24-20)18-14-26(4)22(30)17-13-19(32-21(17)18)23(2,3)27-8-10-28(11-9-27)33(5)31/h6-7,12-14H,8-11H2,1-5H3,(H,24,25,29). The quantitative estimate of drug-likeness (QED) is 0.569. The van der Waals surface area contributed by atoms with Crippen LogP contribution >= 0.6 is 0 Å². The third-order valence-electron chi connectivity index (χ3n) is 6.22. The van der Waals surface area contributed by atoms with Crippen molar-refractivity contribution in [3.63, 3.8) is 0 Å². The van der Waals surface area contributed by atoms with Gasteiger partial charge in [-0.1, -0.05) is 0 Å². The molecule has 1 fully saturated rings. The zero-order valence-electron chi connectivity index (χ0n) is 19.5. The van der Waals surface area contributed by atoms with E-state index in [2.05, 4.69) is 29.0 Å². The summed E-state index contributed by atoms with van der Waals surface area (Å²) in [5, 5.41) is 3.20. The Bertz CT molecular complexity index is 1240. The fourth-order valence-electron chi connectivity index (χ4n) is 4.26. The first-order valence-electron chi connectivity index (χ1n) is 10.8. The van der Waals surface area contributed by atoms with Crippen LogP contribution in [0.4, 0.5) is 5.82 Å². The normalized spacial score (nSPS) is 16.8. The average molecular weight is 472 g/mol. The van der Waals surface area contributed by atoms with Crippen molar-refractivity contribution in [1.82, 2.24) is 18.8 Å². The Morgan fingerprint density at radius 1 is 1.24 bits per heavy atom. The lowest BCUT2D eigenvalue weighted by molar-refractivity contribution is -0.114. The average Bonchev–Trinajstić information content (AvgIpc) is 3.23. The molecule has 1 saturated heterocycles. The molecule has 3 aromatic rings. The third kappa shape index (κ3) is 4.56. The first-order chi connectivity index (χ1) is 15.6. The number of rotatable bonds is 5. The van der Waals surface area contributed by atoms with E-state index >= 15 is 0 Å². The SMILES string of the molecule is CC(=O)Nc1cc(-c2cn(C)c(=O)c3cc(C(C)(C)N4CCN([S+](C)[O-])CC4)oc23)ccn1. The molecule has 33 heavy (non-hydrogen) atoms. The van der Waals surface area contributed by atoms with Gasteiger partial charge >= 0.3 is 0 Å². The van der Waals surface area contributed by atoms with E-state index in [0.717, 1.165) is 24.2 Å². The zero-order chi connectivity index (χ0) is 23.9. The molecule has 1 aliphatic rings. The molecule has 1 unspecified atom stereocenters. The summed E-state index contributed by atoms with van der Waals surface area (Å²) in [6.45, 7) is 8.50. The maximum Gasteiger partial charge on any atom is 0.261 e. The number of nitrogens with one attached hydrogen (secondary N) is 1. The number of nitrogens with zero attached hydrogens (tertiary/aromatic N) is 4. The molecule has 0 aliphatic carbocycles. The van der Waals surface area contributed by atoms with Crippen molar-refractivity contribution in [2.75, 3.05) is 37.8 Å². The predicted octanol–water partition coefficient (Wildman–Crippen LogP) is 2.30. The Balaban J connectivity index is 1.76. The van der Waals surface area contributed by atoms with Gasteiger partial charge in [0, 0.05) is 56.4 Å². The second kappa shape index (κ2) is 8.94. The van der Waals surface area contributed by atoms with Gasteiger partial charge < -0.3 is 18.9 Å². The second-order valence-electron chi connectivity index (χ2n) is 8.82. The van der Waals surface area contributed by atoms with E-state index in [0.29, 0.717) is 35.6 Å². The van der Waals surface area contributed by atoms with Crippen LogP contribution in [0.25, 0.3) is 22.1 Å². The van der Waals surface area contributed by atoms with E-state index in [9.17, 15) is 14.1 Å². The number of carbonyl (C=O) groups excluding carboxylic acids is 1. The number of hydrogen-bond donors (Lipinski definition) is 1. The molecular formula is C23H29N5O4S. The van der Waals surface area contributed by atoms with Crippen LogP contribution in [0.2, 0.25) is 0 Å². The number of aryl methyl sites for hydroxylation is 1. The van der Waals surface area contributed by atoms with Crippen molar-refractivity contribution >= 4 is 34.1 Å². The molecule has 4 rings (SSSR count). The lowest BCUT2D eigenvalue weighted by Gasteiger charge is -2.42. The van der Waals surface area contributed by atoms with Crippen LogP contribution in [0.1, 0.15) is 26.5 Å². The van der Waals surface area contributed by atoms with Gasteiger partial charge in [0.25, 0.3) is 5.56 Å². The summed E-state index contributed by atoms with van der Waals surface area (Å²) in [7, 11) is 1.71. The van der Waals surface area contributed by atoms with Gasteiger partial charge in [0.15, 0.2) is 0 Å². The zero-order valence-corrected chi connectivity index (χ0v) is 20.4. The lowest BCUT2D eigenvalue weighted by Crippen LogP contribution is -2.54. The van der Waals surface area contributed by atoms with Gasteiger partial charge in [0.05, 0.1) is 24.0 Å². The Morgan fingerprint density at radius 2 is 1.94 bits per heavy atom. The van der Waals surface area contributed by atoms with Crippen molar-refractivity contribution in [1.29, 1.82) is 0 Å². The minimum absolute atomic E-state index is 0.137. The topological polar surface area (TPSA) is 107 Å². The van der Waals surface area contributed by atoms with Crippen LogP contribution < -0.4 is 10.9 Å². The van der Waals surface area contributed by atoms with E-state index in [4.69, 9.17) is 4.42 Å². The summed E-state index contributed by atoms with van der Waals surface area (Å²) in [5.41, 5.74) is 1.44. The van der Waals surface area contributed by atoms with Crippen molar-refractivity contribution < 1.29 is 13.8 Å². The van der Waals surface area contributed by atoms with Gasteiger partial charge in [-0.15, -0.1) is 4.31 Å². The number of hydrogen-bond acceptors (Lipinski definition) is 7. The van der Waals surface area contributed by atoms with Crippen LogP contribution in [0.5, 0.6) is 0 Å². The molecule has 0 aromatic carbocycles. The van der Waals surface area contributed by atoms with Crippen molar-refractivity contribution in [3.05, 3.63) is 46.7 Å². The number of carbonyl (C=O) groups is 1. The number of furan rings is 1. The van der Waals surface area contributed by atoms with Gasteiger partial charge in [-0.05, 0) is 37.6 Å². The number of amides is 1. The molecule has 0 spiro atoms. The van der Waals surface area contributed by atoms with E-state index in [1.54, 1.807) is 31.8 Å². The molecule has 0 bridgehead atoms. The summed E-state index contributed by atoms with van der Waals surface area (Å²) in [6, 6.07) is 5.42. The Labute approximate surface area is 195 Å². The lowest BCUT2D eigenvalue weighted by atomic mass is 9.98. The minimum Gasteiger partial charge on any atom is -0.598 e. The molecule has 3 aromatic heterocycles. The Morgan fingerprint density at radius 3 is 2.58 bits per heavy atom. The number of pyridine rings is 2. The highest BCUT2D eigenvalue weighted by Crippen LogP contribution is 2.36. The highest BCUT2D eigenvalue weighted by atomic mass is 32.2. The summed E-state index contributed by atoms with van der Waals surface area (Å²) >= 11 is -0.979. The minimum atomic E-state index is -0.979. The van der Waals surface area contributed by atoms with Gasteiger partial charge in [0.1, 0.15) is 23.4 Å². The highest BCUT2D eigenvalue weighted by Gasteiger charge is 2.36. The summed E-state index contributed by atoms with van der Waals surface area (Å²) in [5.74, 6) is 0.920. The van der Waals surface area contributed by atoms with Gasteiger partial charge in [0.2, 0.25) is 5.91 Å². The van der Waals surface area contributed by atoms with Crippen LogP contribution in [-0.2, 0) is 28.7 Å². The molecule has 10 heteroatoms. The molecule has 9 nitrogen and oxygen atoms in total. The summed E-state index contributed by atoms with van der Waals surface area (Å²) < 4.78 is 21.7. The van der Waals surface area contributed by atoms with Crippen molar-refractivity contribution in [2.45, 2.75) is 26.3 Å². The molecule has 1 amide bonds. The summed E-state index contributed by atoms with van der Waals surface area (Å²) in [6.07, 6.45) is 5.06. The first kappa shape index (κ1) is 23.5. The fraction of sp³-hybridized carbons (Fsp3) is 0.435. The fourth-order valence-corrected chi connectivity index (χ4v) is 4.94. The maximum atomic E-state index is 12.9. The van der Waals surface area contributed by atoms with Gasteiger partial charge in [-0.25, -0.2) is 4.98 Å². The molecule has 1 atom stereocenters. The third-order valence-corrected chi connectivity index (χ3v) is 7.31. The van der Waals surface area contributed by atoms with Gasteiger partial charge in [-0.3, -0.25) is 14.5 Å². The largest absolute Gasteiger partial charge is 0.598 e. The molecule has 1 aliphatic heterocycles. The Kier molecular flexibility index (Phi) is 6.37. The number of aromatic nitrogens is 2. The Hall–Kier alpha value is -2.66. The van der Waals surface area contributed by atoms with E-state index in [1.807, 2.05) is 16.4 Å². The second-order valence-corrected chi connectivity index (χ2v) is 10.2. The first-order valence-corrected chi connectivity index (χ1v) is 12.3. The molecular weight excluding hydrogens is 442 g/mol. The van der Waals surface area contributed by atoms with Crippen LogP contribution in [-0.4, -0.2) is 61.7 Å². The summed E-state index contributed by atoms with van der Waals surface area (Å²) in [4.78, 5) is 30.9. The van der Waals surface area contributed by atoms with Crippen molar-refractivity contribution in [2.24, 2.45) is 7.05 Å². The van der Waals surface area contributed by atoms with E-state index in [1.165, 1.54) is 11.5 Å². The monoisotopic (exact) mass is 471 g/mol. The molecule has 176 valence electrons. The van der Waals surface area contributed by atoms with E-state index < -0.39 is 16.9 Å². The maximum absolute atomic E-state index is 12.9. The molecule has 4 heterocycles. The predicted molar refractivity (Wildman–Crippen MR) is 129 cm³/mol. The van der Waals surface area contributed by atoms with Crippen LogP contribution in [0.3, 0.4) is 0 Å². The van der Waals surface area contributed by atoms with Gasteiger partial charge in [-0.2, -0.15) is 0 Å². The number of piperazine rings is 1. The highest BCUT2D eigenvalue weighted by molar-refractivity contribution is 7.88. The van der Waals surface area contributed by atoms with Crippen molar-refractivity contribution in [3.8, 4) is 11.1 Å². The smallest absolute Gasteiger partial charge is 0.261 e. The van der Waals surface area contributed by atoms with Crippen LogP contribution in [0, 0.1) is 0 Å². The van der Waals surface area contributed by atoms with E-state index in [-0.39, 0.29) is 11.5 Å². The van der Waals surface area contributed by atoms with Crippen LogP contribution in [0.15, 0.2) is 39.8 Å².